The third-order valence-corrected chi connectivity index (χ3v) is 1.23. The van der Waals surface area contributed by atoms with E-state index in [0.717, 1.165) is 6.42 Å². The number of hydrogen-bond acceptors (Lipinski definition) is 4. The van der Waals surface area contributed by atoms with Crippen LogP contribution in [0.25, 0.3) is 0 Å². The van der Waals surface area contributed by atoms with Crippen molar-refractivity contribution in [1.29, 1.82) is 0 Å². The molecule has 1 rings (SSSR count). The molecular formula is C8H15NO4. The van der Waals surface area contributed by atoms with Crippen molar-refractivity contribution in [2.45, 2.75) is 19.4 Å². The quantitative estimate of drug-likeness (QED) is 0.519. The Morgan fingerprint density at radius 1 is 1.85 bits per heavy atom. The summed E-state index contributed by atoms with van der Waals surface area (Å²) in [5, 5.41) is 0. The van der Waals surface area contributed by atoms with Crippen molar-refractivity contribution in [2.75, 3.05) is 13.2 Å². The lowest BCUT2D eigenvalue weighted by molar-refractivity contribution is -0.264. The molecule has 2 N–H and O–H groups in total. The van der Waals surface area contributed by atoms with Crippen molar-refractivity contribution in [1.82, 2.24) is 0 Å². The van der Waals surface area contributed by atoms with Crippen molar-refractivity contribution in [3.05, 3.63) is 12.7 Å². The highest BCUT2D eigenvalue weighted by atomic mass is 17.2. The van der Waals surface area contributed by atoms with Crippen LogP contribution in [-0.2, 0) is 14.5 Å². The molecule has 76 valence electrons. The lowest BCUT2D eigenvalue weighted by atomic mass is 10.3. The van der Waals surface area contributed by atoms with E-state index in [0.29, 0.717) is 13.2 Å². The summed E-state index contributed by atoms with van der Waals surface area (Å²) in [6, 6.07) is 0. The second-order valence-electron chi connectivity index (χ2n) is 2.23. The van der Waals surface area contributed by atoms with E-state index in [-0.39, 0.29) is 6.10 Å². The van der Waals surface area contributed by atoms with E-state index in [9.17, 15) is 4.79 Å². The summed E-state index contributed by atoms with van der Waals surface area (Å²) in [6.07, 6.45) is 2.12. The van der Waals surface area contributed by atoms with Crippen molar-refractivity contribution in [3.8, 4) is 0 Å². The van der Waals surface area contributed by atoms with Gasteiger partial charge < -0.3 is 10.5 Å². The van der Waals surface area contributed by atoms with Gasteiger partial charge in [0.2, 0.25) is 0 Å². The molecule has 13 heavy (non-hydrogen) atoms. The van der Waals surface area contributed by atoms with Crippen molar-refractivity contribution >= 4 is 6.09 Å². The maximum Gasteiger partial charge on any atom is 0.404 e. The van der Waals surface area contributed by atoms with Gasteiger partial charge in [0.1, 0.15) is 6.10 Å². The number of primary amides is 1. The minimum absolute atomic E-state index is 0.139. The molecule has 0 spiro atoms. The zero-order valence-electron chi connectivity index (χ0n) is 7.69. The first-order valence-electron chi connectivity index (χ1n) is 4.03. The summed E-state index contributed by atoms with van der Waals surface area (Å²) in [5.41, 5.74) is 4.54. The van der Waals surface area contributed by atoms with Crippen LogP contribution < -0.4 is 5.73 Å². The van der Waals surface area contributed by atoms with Crippen molar-refractivity contribution in [2.24, 2.45) is 5.73 Å². The Hall–Kier alpha value is -1.07. The SMILES string of the molecule is C=CC1CCOO1.CCOC(N)=O. The topological polar surface area (TPSA) is 70.8 Å². The predicted octanol–water partition coefficient (Wildman–Crippen LogP) is 0.994. The van der Waals surface area contributed by atoms with Gasteiger partial charge in [0.05, 0.1) is 13.2 Å². The number of carbonyl (C=O) groups excluding carboxylic acids is 1. The molecular weight excluding hydrogens is 174 g/mol. The maximum absolute atomic E-state index is 9.60. The Balaban J connectivity index is 0.000000226. The van der Waals surface area contributed by atoms with Gasteiger partial charge in [-0.1, -0.05) is 6.08 Å². The van der Waals surface area contributed by atoms with Crippen LogP contribution in [0.15, 0.2) is 12.7 Å². The van der Waals surface area contributed by atoms with E-state index < -0.39 is 6.09 Å². The molecule has 0 aliphatic carbocycles. The first kappa shape index (κ1) is 11.9. The molecule has 0 aromatic heterocycles. The third-order valence-electron chi connectivity index (χ3n) is 1.23. The standard InChI is InChI=1S/C5H8O2.C3H7NO2/c1-2-5-3-4-6-7-5;1-2-6-3(4)5/h2,5H,1,3-4H2;2H2,1H3,(H2,4,5). The van der Waals surface area contributed by atoms with E-state index in [1.165, 1.54) is 0 Å². The van der Waals surface area contributed by atoms with Crippen LogP contribution in [0.4, 0.5) is 4.79 Å². The van der Waals surface area contributed by atoms with E-state index in [1.54, 1.807) is 13.0 Å². The number of hydrogen-bond donors (Lipinski definition) is 1. The smallest absolute Gasteiger partial charge is 0.404 e. The lowest BCUT2D eigenvalue weighted by Gasteiger charge is -1.93. The fraction of sp³-hybridized carbons (Fsp3) is 0.625. The Morgan fingerprint density at radius 3 is 2.69 bits per heavy atom. The first-order valence-corrected chi connectivity index (χ1v) is 4.03. The summed E-state index contributed by atoms with van der Waals surface area (Å²) in [5.74, 6) is 0. The van der Waals surface area contributed by atoms with Crippen LogP contribution in [0.3, 0.4) is 0 Å². The van der Waals surface area contributed by atoms with Crippen LogP contribution in [0.2, 0.25) is 0 Å². The largest absolute Gasteiger partial charge is 0.450 e. The van der Waals surface area contributed by atoms with Gasteiger partial charge in [-0.2, -0.15) is 0 Å². The molecule has 1 unspecified atom stereocenters. The number of carbonyl (C=O) groups is 1. The molecule has 0 aromatic rings. The van der Waals surface area contributed by atoms with Gasteiger partial charge in [-0.3, -0.25) is 0 Å². The first-order chi connectivity index (χ1) is 6.20. The Bertz CT molecular complexity index is 154. The monoisotopic (exact) mass is 189 g/mol. The zero-order chi connectivity index (χ0) is 10.1. The lowest BCUT2D eigenvalue weighted by Crippen LogP contribution is -2.11. The van der Waals surface area contributed by atoms with Crippen LogP contribution in [-0.4, -0.2) is 25.4 Å². The summed E-state index contributed by atoms with van der Waals surface area (Å²) >= 11 is 0. The molecule has 0 aromatic carbocycles. The molecule has 1 aliphatic heterocycles. The molecule has 1 aliphatic rings. The molecule has 0 bridgehead atoms. The number of ether oxygens (including phenoxy) is 1. The molecule has 5 nitrogen and oxygen atoms in total. The minimum atomic E-state index is -0.711. The van der Waals surface area contributed by atoms with Crippen molar-refractivity contribution in [3.63, 3.8) is 0 Å². The Labute approximate surface area is 77.4 Å². The fourth-order valence-electron chi connectivity index (χ4n) is 0.647. The summed E-state index contributed by atoms with van der Waals surface area (Å²) < 4.78 is 4.18. The van der Waals surface area contributed by atoms with E-state index >= 15 is 0 Å². The average molecular weight is 189 g/mol. The summed E-state index contributed by atoms with van der Waals surface area (Å²) in [6.45, 7) is 6.30. The van der Waals surface area contributed by atoms with Crippen LogP contribution in [0.1, 0.15) is 13.3 Å². The molecule has 0 radical (unpaired) electrons. The van der Waals surface area contributed by atoms with E-state index in [2.05, 4.69) is 26.8 Å². The normalized spacial score (nSPS) is 19.9. The van der Waals surface area contributed by atoms with Crippen LogP contribution in [0.5, 0.6) is 0 Å². The summed E-state index contributed by atoms with van der Waals surface area (Å²) in [7, 11) is 0. The Morgan fingerprint density at radius 2 is 2.54 bits per heavy atom. The number of rotatable bonds is 2. The molecule has 1 amide bonds. The third kappa shape index (κ3) is 7.30. The average Bonchev–Trinajstić information content (AvgIpc) is 2.56. The van der Waals surface area contributed by atoms with E-state index in [1.807, 2.05) is 0 Å². The van der Waals surface area contributed by atoms with Crippen molar-refractivity contribution < 1.29 is 19.3 Å². The van der Waals surface area contributed by atoms with Crippen LogP contribution >= 0.6 is 0 Å². The van der Waals surface area contributed by atoms with Gasteiger partial charge in [-0.15, -0.1) is 6.58 Å². The second-order valence-corrected chi connectivity index (χ2v) is 2.23. The molecule has 1 atom stereocenters. The highest BCUT2D eigenvalue weighted by Gasteiger charge is 2.11. The predicted molar refractivity (Wildman–Crippen MR) is 46.8 cm³/mol. The number of amides is 1. The number of nitrogens with two attached hydrogens (primary N) is 1. The molecule has 1 fully saturated rings. The van der Waals surface area contributed by atoms with E-state index in [4.69, 9.17) is 0 Å². The van der Waals surface area contributed by atoms with Gasteiger partial charge in [0, 0.05) is 6.42 Å². The van der Waals surface area contributed by atoms with Gasteiger partial charge in [-0.05, 0) is 6.92 Å². The highest BCUT2D eigenvalue weighted by Crippen LogP contribution is 2.07. The fourth-order valence-corrected chi connectivity index (χ4v) is 0.647. The molecule has 1 heterocycles. The maximum atomic E-state index is 9.60. The molecule has 1 saturated heterocycles. The zero-order valence-corrected chi connectivity index (χ0v) is 7.69. The summed E-state index contributed by atoms with van der Waals surface area (Å²) in [4.78, 5) is 18.9. The Kier molecular flexibility index (Phi) is 6.95. The minimum Gasteiger partial charge on any atom is -0.450 e. The molecule has 0 saturated carbocycles. The van der Waals surface area contributed by atoms with Gasteiger partial charge in [0.25, 0.3) is 0 Å². The second kappa shape index (κ2) is 7.57. The van der Waals surface area contributed by atoms with Gasteiger partial charge >= 0.3 is 6.09 Å². The van der Waals surface area contributed by atoms with Gasteiger partial charge in [-0.25, -0.2) is 14.6 Å². The van der Waals surface area contributed by atoms with Crippen LogP contribution in [0, 0.1) is 0 Å². The molecule has 5 heteroatoms. The highest BCUT2D eigenvalue weighted by molar-refractivity contribution is 5.64. The van der Waals surface area contributed by atoms with Gasteiger partial charge in [0.15, 0.2) is 0 Å².